The third kappa shape index (κ3) is 3.61. The molecule has 6 nitrogen and oxygen atoms in total. The normalized spacial score (nSPS) is 22.8. The number of hydrogen-bond acceptors (Lipinski definition) is 6. The minimum atomic E-state index is -0.177. The summed E-state index contributed by atoms with van der Waals surface area (Å²) >= 11 is 1.28. The van der Waals surface area contributed by atoms with Gasteiger partial charge in [-0.1, -0.05) is 11.3 Å². The molecule has 0 saturated carbocycles. The molecule has 2 unspecified atom stereocenters. The van der Waals surface area contributed by atoms with Gasteiger partial charge in [0.1, 0.15) is 10.7 Å². The highest BCUT2D eigenvalue weighted by Crippen LogP contribution is 2.27. The first kappa shape index (κ1) is 15.1. The average Bonchev–Trinajstić information content (AvgIpc) is 2.84. The van der Waals surface area contributed by atoms with E-state index in [0.717, 1.165) is 6.42 Å². The van der Waals surface area contributed by atoms with Crippen LogP contribution in [0, 0.1) is 0 Å². The van der Waals surface area contributed by atoms with E-state index in [1.807, 2.05) is 27.7 Å². The molecule has 0 aromatic carbocycles. The highest BCUT2D eigenvalue weighted by atomic mass is 32.1. The quantitative estimate of drug-likeness (QED) is 0.792. The summed E-state index contributed by atoms with van der Waals surface area (Å²) in [5, 5.41) is 6.85. The fourth-order valence-corrected chi connectivity index (χ4v) is 3.02. The Bertz CT molecular complexity index is 495. The molecule has 1 fully saturated rings. The molecule has 1 aliphatic heterocycles. The number of nitrogens with two attached hydrogens (primary N) is 1. The minimum Gasteiger partial charge on any atom is -0.382 e. The molecule has 1 saturated heterocycles. The lowest BCUT2D eigenvalue weighted by Crippen LogP contribution is -2.39. The van der Waals surface area contributed by atoms with Crippen molar-refractivity contribution in [3.63, 3.8) is 0 Å². The largest absolute Gasteiger partial charge is 0.382 e. The second kappa shape index (κ2) is 5.57. The van der Waals surface area contributed by atoms with E-state index in [-0.39, 0.29) is 29.4 Å². The number of rotatable bonds is 3. The maximum atomic E-state index is 12.2. The summed E-state index contributed by atoms with van der Waals surface area (Å²) in [6.45, 7) is 8.73. The fraction of sp³-hybridized carbons (Fsp3) is 0.692. The van der Waals surface area contributed by atoms with Gasteiger partial charge in [0, 0.05) is 12.1 Å². The van der Waals surface area contributed by atoms with Crippen molar-refractivity contribution < 1.29 is 9.53 Å². The van der Waals surface area contributed by atoms with Crippen LogP contribution in [0.15, 0.2) is 0 Å². The van der Waals surface area contributed by atoms with Gasteiger partial charge >= 0.3 is 0 Å². The first-order valence-corrected chi connectivity index (χ1v) is 7.55. The Hall–Kier alpha value is -1.34. The van der Waals surface area contributed by atoms with Crippen LogP contribution in [0.1, 0.15) is 43.8 Å². The number of nitrogen functional groups attached to an aromatic ring is 1. The van der Waals surface area contributed by atoms with Crippen LogP contribution in [0.5, 0.6) is 0 Å². The first-order chi connectivity index (χ1) is 9.26. The van der Waals surface area contributed by atoms with Crippen LogP contribution in [-0.4, -0.2) is 35.2 Å². The second-order valence-corrected chi connectivity index (χ2v) is 7.05. The topological polar surface area (TPSA) is 89.3 Å². The Kier molecular flexibility index (Phi) is 4.19. The number of carbonyl (C=O) groups is 1. The van der Waals surface area contributed by atoms with Gasteiger partial charge in [-0.05, 0) is 34.1 Å². The number of nitrogens with zero attached hydrogens (tertiary/aromatic N) is 1. The van der Waals surface area contributed by atoms with Crippen molar-refractivity contribution in [3.05, 3.63) is 4.88 Å². The zero-order valence-corrected chi connectivity index (χ0v) is 13.1. The first-order valence-electron chi connectivity index (χ1n) is 6.73. The fourth-order valence-electron chi connectivity index (χ4n) is 2.02. The Morgan fingerprint density at radius 1 is 1.50 bits per heavy atom. The third-order valence-electron chi connectivity index (χ3n) is 3.03. The van der Waals surface area contributed by atoms with E-state index in [4.69, 9.17) is 10.5 Å². The molecule has 1 aromatic heterocycles. The number of hydrogen-bond donors (Lipinski definition) is 3. The predicted molar refractivity (Wildman–Crippen MR) is 81.2 cm³/mol. The molecule has 112 valence electrons. The molecule has 1 aliphatic rings. The van der Waals surface area contributed by atoms with Gasteiger partial charge < -0.3 is 21.1 Å². The molecule has 0 bridgehead atoms. The SMILES string of the molecule is CC1OCCC1NC(=O)c1sc(NC(C)(C)C)nc1N. The lowest BCUT2D eigenvalue weighted by molar-refractivity contribution is 0.0870. The van der Waals surface area contributed by atoms with Crippen LogP contribution in [0.3, 0.4) is 0 Å². The van der Waals surface area contributed by atoms with Gasteiger partial charge in [0.15, 0.2) is 5.13 Å². The number of anilines is 2. The molecule has 4 N–H and O–H groups in total. The Morgan fingerprint density at radius 3 is 2.75 bits per heavy atom. The highest BCUT2D eigenvalue weighted by molar-refractivity contribution is 7.18. The molecule has 0 aliphatic carbocycles. The van der Waals surface area contributed by atoms with Crippen LogP contribution >= 0.6 is 11.3 Å². The van der Waals surface area contributed by atoms with Crippen LogP contribution < -0.4 is 16.4 Å². The highest BCUT2D eigenvalue weighted by Gasteiger charge is 2.28. The molecule has 1 amide bonds. The number of carbonyl (C=O) groups excluding carboxylic acids is 1. The van der Waals surface area contributed by atoms with Gasteiger partial charge in [-0.25, -0.2) is 4.98 Å². The monoisotopic (exact) mass is 298 g/mol. The molecule has 2 rings (SSSR count). The van der Waals surface area contributed by atoms with E-state index in [0.29, 0.717) is 16.6 Å². The summed E-state index contributed by atoms with van der Waals surface area (Å²) in [6.07, 6.45) is 0.874. The van der Waals surface area contributed by atoms with Crippen molar-refractivity contribution in [2.24, 2.45) is 0 Å². The molecule has 0 spiro atoms. The van der Waals surface area contributed by atoms with Crippen molar-refractivity contribution >= 4 is 28.2 Å². The Balaban J connectivity index is 2.06. The predicted octanol–water partition coefficient (Wildman–Crippen LogP) is 1.84. The molecular formula is C13H22N4O2S. The van der Waals surface area contributed by atoms with Crippen molar-refractivity contribution in [2.75, 3.05) is 17.7 Å². The number of amides is 1. The van der Waals surface area contributed by atoms with E-state index in [1.54, 1.807) is 0 Å². The van der Waals surface area contributed by atoms with Gasteiger partial charge in [0.2, 0.25) is 0 Å². The van der Waals surface area contributed by atoms with Crippen LogP contribution in [0.25, 0.3) is 0 Å². The van der Waals surface area contributed by atoms with E-state index in [1.165, 1.54) is 11.3 Å². The van der Waals surface area contributed by atoms with E-state index in [9.17, 15) is 4.79 Å². The Labute approximate surface area is 123 Å². The minimum absolute atomic E-state index is 0.0419. The van der Waals surface area contributed by atoms with Gasteiger partial charge in [0.25, 0.3) is 5.91 Å². The zero-order valence-electron chi connectivity index (χ0n) is 12.3. The van der Waals surface area contributed by atoms with Crippen molar-refractivity contribution in [2.45, 2.75) is 51.8 Å². The van der Waals surface area contributed by atoms with Crippen molar-refractivity contribution in [3.8, 4) is 0 Å². The molecule has 7 heteroatoms. The number of nitrogens with one attached hydrogen (secondary N) is 2. The second-order valence-electron chi connectivity index (χ2n) is 6.05. The number of aromatic nitrogens is 1. The van der Waals surface area contributed by atoms with Gasteiger partial charge in [-0.2, -0.15) is 0 Å². The third-order valence-corrected chi connectivity index (χ3v) is 4.02. The smallest absolute Gasteiger partial charge is 0.265 e. The maximum Gasteiger partial charge on any atom is 0.265 e. The number of thiazole rings is 1. The zero-order chi connectivity index (χ0) is 14.9. The van der Waals surface area contributed by atoms with Crippen molar-refractivity contribution in [1.82, 2.24) is 10.3 Å². The number of ether oxygens (including phenoxy) is 1. The summed E-state index contributed by atoms with van der Waals surface area (Å²) in [4.78, 5) is 16.9. The summed E-state index contributed by atoms with van der Waals surface area (Å²) in [5.74, 6) is 0.0927. The van der Waals surface area contributed by atoms with Crippen LogP contribution in [0.2, 0.25) is 0 Å². The molecular weight excluding hydrogens is 276 g/mol. The molecule has 20 heavy (non-hydrogen) atoms. The van der Waals surface area contributed by atoms with Gasteiger partial charge in [0.05, 0.1) is 12.1 Å². The van der Waals surface area contributed by atoms with Gasteiger partial charge in [-0.3, -0.25) is 4.79 Å². The van der Waals surface area contributed by atoms with Crippen molar-refractivity contribution in [1.29, 1.82) is 0 Å². The summed E-state index contributed by atoms with van der Waals surface area (Å²) < 4.78 is 5.43. The van der Waals surface area contributed by atoms with Gasteiger partial charge in [-0.15, -0.1) is 0 Å². The van der Waals surface area contributed by atoms with Crippen LogP contribution in [-0.2, 0) is 4.74 Å². The molecule has 1 aromatic rings. The standard InChI is InChI=1S/C13H22N4O2S/c1-7-8(5-6-19-7)15-11(18)9-10(14)16-12(20-9)17-13(2,3)4/h7-8H,5-6,14H2,1-4H3,(H,15,18)(H,16,17). The summed E-state index contributed by atoms with van der Waals surface area (Å²) in [5.41, 5.74) is 5.72. The average molecular weight is 298 g/mol. The van der Waals surface area contributed by atoms with E-state index >= 15 is 0 Å². The summed E-state index contributed by atoms with van der Waals surface area (Å²) in [7, 11) is 0. The molecule has 0 radical (unpaired) electrons. The van der Waals surface area contributed by atoms with E-state index < -0.39 is 0 Å². The summed E-state index contributed by atoms with van der Waals surface area (Å²) in [6, 6.07) is 0.0445. The lowest BCUT2D eigenvalue weighted by atomic mass is 10.1. The molecule has 2 heterocycles. The Morgan fingerprint density at radius 2 is 2.20 bits per heavy atom. The van der Waals surface area contributed by atoms with E-state index in [2.05, 4.69) is 15.6 Å². The maximum absolute atomic E-state index is 12.2. The van der Waals surface area contributed by atoms with Crippen LogP contribution in [0.4, 0.5) is 10.9 Å². The lowest BCUT2D eigenvalue weighted by Gasteiger charge is -2.19. The molecule has 2 atom stereocenters.